The minimum atomic E-state index is 0.0399. The highest BCUT2D eigenvalue weighted by Crippen LogP contribution is 2.40. The highest BCUT2D eigenvalue weighted by atomic mass is 15.4. The van der Waals surface area contributed by atoms with E-state index >= 15 is 0 Å². The number of rotatable bonds is 5. The molecule has 4 unspecified atom stereocenters. The van der Waals surface area contributed by atoms with Gasteiger partial charge in [0.05, 0.1) is 30.1 Å². The molecule has 3 aliphatic carbocycles. The number of hydrogen-bond acceptors (Lipinski definition) is 4. The molecular weight excluding hydrogens is 512 g/mol. The lowest BCUT2D eigenvalue weighted by molar-refractivity contribution is 0.223. The van der Waals surface area contributed by atoms with Crippen LogP contribution in [0.5, 0.6) is 0 Å². The van der Waals surface area contributed by atoms with E-state index < -0.39 is 0 Å². The molecule has 0 radical (unpaired) electrons. The van der Waals surface area contributed by atoms with Gasteiger partial charge in [-0.1, -0.05) is 115 Å². The van der Waals surface area contributed by atoms with Crippen LogP contribution in [0.2, 0.25) is 0 Å². The molecule has 0 saturated carbocycles. The summed E-state index contributed by atoms with van der Waals surface area (Å²) in [5.41, 5.74) is 9.84. The van der Waals surface area contributed by atoms with Crippen molar-refractivity contribution in [1.82, 2.24) is 16.0 Å². The molecule has 4 nitrogen and oxygen atoms in total. The number of hydrogen-bond donors (Lipinski definition) is 3. The zero-order chi connectivity index (χ0) is 28.3. The predicted molar refractivity (Wildman–Crippen MR) is 170 cm³/mol. The number of nitriles is 1. The Morgan fingerprint density at radius 2 is 1.40 bits per heavy atom. The number of allylic oxidation sites excluding steroid dienone is 8. The molecule has 1 fully saturated rings. The fourth-order valence-corrected chi connectivity index (χ4v) is 6.74. The van der Waals surface area contributed by atoms with E-state index in [1.165, 1.54) is 39.8 Å². The monoisotopic (exact) mass is 548 g/mol. The van der Waals surface area contributed by atoms with Crippen LogP contribution in [0.3, 0.4) is 0 Å². The molecule has 4 aliphatic rings. The quantitative estimate of drug-likeness (QED) is 0.307. The maximum Gasteiger partial charge on any atom is 0.0991 e. The van der Waals surface area contributed by atoms with Crippen molar-refractivity contribution in [3.8, 4) is 6.07 Å². The Morgan fingerprint density at radius 3 is 2.07 bits per heavy atom. The van der Waals surface area contributed by atoms with Crippen LogP contribution in [0.25, 0.3) is 5.57 Å². The molecular formula is C38H36N4. The SMILES string of the molecule is N#Cc1cccc(C2=CCC(C3=CC4=CC(C5NC(c6ccccc6)NC(c6ccccc6)N5)=CCC4CC3)C=C2)c1. The molecule has 3 aromatic rings. The van der Waals surface area contributed by atoms with Crippen molar-refractivity contribution < 1.29 is 0 Å². The Hall–Kier alpha value is -4.27. The minimum absolute atomic E-state index is 0.0399. The standard InChI is InChI=1S/C38H36N4/c39-25-26-8-7-13-32(22-26)27-14-16-28(17-15-27)33-20-18-29-19-21-34(24-35(29)23-33)38-41-36(30-9-3-1-4-10-30)40-37(42-38)31-11-5-2-6-12-31/h1-16,21-24,28-29,36-38,40-42H,17-20H2. The van der Waals surface area contributed by atoms with Gasteiger partial charge in [0.1, 0.15) is 0 Å². The van der Waals surface area contributed by atoms with Gasteiger partial charge in [-0.15, -0.1) is 0 Å². The van der Waals surface area contributed by atoms with Gasteiger partial charge in [-0.2, -0.15) is 5.26 Å². The molecule has 3 N–H and O–H groups in total. The third-order valence-corrected chi connectivity index (χ3v) is 9.08. The van der Waals surface area contributed by atoms with E-state index in [0.29, 0.717) is 17.4 Å². The summed E-state index contributed by atoms with van der Waals surface area (Å²) in [6.45, 7) is 0. The summed E-state index contributed by atoms with van der Waals surface area (Å²) in [6.07, 6.45) is 18.9. The lowest BCUT2D eigenvalue weighted by Gasteiger charge is -2.41. The van der Waals surface area contributed by atoms with E-state index in [-0.39, 0.29) is 18.5 Å². The first kappa shape index (κ1) is 26.6. The second-order valence-electron chi connectivity index (χ2n) is 11.7. The molecule has 0 aromatic heterocycles. The fraction of sp³-hybridized carbons (Fsp3) is 0.237. The van der Waals surface area contributed by atoms with Crippen molar-refractivity contribution in [2.45, 2.75) is 44.2 Å². The normalized spacial score (nSPS) is 27.1. The van der Waals surface area contributed by atoms with Gasteiger partial charge >= 0.3 is 0 Å². The van der Waals surface area contributed by atoms with Crippen molar-refractivity contribution in [3.05, 3.63) is 160 Å². The molecule has 42 heavy (non-hydrogen) atoms. The first-order valence-electron chi connectivity index (χ1n) is 15.1. The first-order chi connectivity index (χ1) is 20.7. The van der Waals surface area contributed by atoms with Gasteiger partial charge in [0, 0.05) is 5.92 Å². The van der Waals surface area contributed by atoms with Gasteiger partial charge in [-0.05, 0) is 77.1 Å². The van der Waals surface area contributed by atoms with Gasteiger partial charge in [-0.25, -0.2) is 0 Å². The second-order valence-corrected chi connectivity index (χ2v) is 11.7. The molecule has 7 rings (SSSR count). The number of fused-ring (bicyclic) bond motifs is 1. The van der Waals surface area contributed by atoms with Crippen molar-refractivity contribution in [2.75, 3.05) is 0 Å². The molecule has 0 amide bonds. The van der Waals surface area contributed by atoms with E-state index in [0.717, 1.165) is 24.8 Å². The first-order valence-corrected chi connectivity index (χ1v) is 15.1. The van der Waals surface area contributed by atoms with E-state index in [9.17, 15) is 5.26 Å². The summed E-state index contributed by atoms with van der Waals surface area (Å²) in [4.78, 5) is 0. The van der Waals surface area contributed by atoms with Crippen LogP contribution < -0.4 is 16.0 Å². The summed E-state index contributed by atoms with van der Waals surface area (Å²) >= 11 is 0. The van der Waals surface area contributed by atoms with Crippen molar-refractivity contribution in [3.63, 3.8) is 0 Å². The Balaban J connectivity index is 1.11. The van der Waals surface area contributed by atoms with Crippen molar-refractivity contribution in [2.24, 2.45) is 11.8 Å². The predicted octanol–water partition coefficient (Wildman–Crippen LogP) is 7.62. The van der Waals surface area contributed by atoms with Crippen molar-refractivity contribution >= 4 is 5.57 Å². The van der Waals surface area contributed by atoms with Crippen LogP contribution >= 0.6 is 0 Å². The fourth-order valence-electron chi connectivity index (χ4n) is 6.74. The van der Waals surface area contributed by atoms with Gasteiger partial charge in [0.15, 0.2) is 0 Å². The van der Waals surface area contributed by atoms with E-state index in [1.54, 1.807) is 0 Å². The van der Waals surface area contributed by atoms with E-state index in [2.05, 4.69) is 125 Å². The Kier molecular flexibility index (Phi) is 7.55. The lowest BCUT2D eigenvalue weighted by atomic mass is 9.75. The summed E-state index contributed by atoms with van der Waals surface area (Å²) in [5, 5.41) is 20.7. The van der Waals surface area contributed by atoms with Gasteiger partial charge in [0.2, 0.25) is 0 Å². The third kappa shape index (κ3) is 5.60. The van der Waals surface area contributed by atoms with Gasteiger partial charge in [0.25, 0.3) is 0 Å². The number of nitrogens with one attached hydrogen (secondary N) is 3. The van der Waals surface area contributed by atoms with Gasteiger partial charge < -0.3 is 0 Å². The number of benzene rings is 3. The van der Waals surface area contributed by atoms with Crippen LogP contribution in [-0.4, -0.2) is 6.17 Å². The van der Waals surface area contributed by atoms with Crippen LogP contribution in [0.4, 0.5) is 0 Å². The van der Waals surface area contributed by atoms with Gasteiger partial charge in [-0.3, -0.25) is 16.0 Å². The molecule has 1 heterocycles. The zero-order valence-electron chi connectivity index (χ0n) is 23.7. The average molecular weight is 549 g/mol. The van der Waals surface area contributed by atoms with Crippen molar-refractivity contribution in [1.29, 1.82) is 5.26 Å². The van der Waals surface area contributed by atoms with E-state index in [1.807, 2.05) is 18.2 Å². The van der Waals surface area contributed by atoms with Crippen LogP contribution in [0.15, 0.2) is 138 Å². The molecule has 1 aliphatic heterocycles. The Labute approximate surface area is 248 Å². The molecule has 208 valence electrons. The molecule has 4 heteroatoms. The maximum atomic E-state index is 9.28. The smallest absolute Gasteiger partial charge is 0.0991 e. The van der Waals surface area contributed by atoms with Crippen LogP contribution in [-0.2, 0) is 0 Å². The summed E-state index contributed by atoms with van der Waals surface area (Å²) in [5.74, 6) is 1.03. The maximum absolute atomic E-state index is 9.28. The highest BCUT2D eigenvalue weighted by Gasteiger charge is 2.32. The summed E-state index contributed by atoms with van der Waals surface area (Å²) in [6, 6.07) is 31.5. The topological polar surface area (TPSA) is 59.9 Å². The molecule has 0 spiro atoms. The summed E-state index contributed by atoms with van der Waals surface area (Å²) in [7, 11) is 0. The Bertz CT molecular complexity index is 1590. The third-order valence-electron chi connectivity index (χ3n) is 9.08. The molecule has 1 saturated heterocycles. The van der Waals surface area contributed by atoms with Crippen LogP contribution in [0, 0.1) is 23.2 Å². The van der Waals surface area contributed by atoms with Crippen LogP contribution in [0.1, 0.15) is 60.3 Å². The van der Waals surface area contributed by atoms with E-state index in [4.69, 9.17) is 0 Å². The summed E-state index contributed by atoms with van der Waals surface area (Å²) < 4.78 is 0. The molecule has 4 atom stereocenters. The second kappa shape index (κ2) is 11.9. The number of nitrogens with zero attached hydrogens (tertiary/aromatic N) is 1. The minimum Gasteiger partial charge on any atom is -0.279 e. The highest BCUT2D eigenvalue weighted by molar-refractivity contribution is 5.76. The lowest BCUT2D eigenvalue weighted by Crippen LogP contribution is -2.59. The largest absolute Gasteiger partial charge is 0.279 e. The molecule has 3 aromatic carbocycles. The zero-order valence-corrected chi connectivity index (χ0v) is 23.7. The Morgan fingerprint density at radius 1 is 0.690 bits per heavy atom. The molecule has 0 bridgehead atoms. The average Bonchev–Trinajstić information content (AvgIpc) is 3.08.